The summed E-state index contributed by atoms with van der Waals surface area (Å²) in [6, 6.07) is 3.57. The van der Waals surface area contributed by atoms with Gasteiger partial charge in [0.2, 0.25) is 0 Å². The summed E-state index contributed by atoms with van der Waals surface area (Å²) in [6.45, 7) is 1.40. The number of aromatic nitrogens is 1. The van der Waals surface area contributed by atoms with E-state index in [1.54, 1.807) is 25.4 Å². The number of nitrogens with zero attached hydrogens (tertiary/aromatic N) is 1. The van der Waals surface area contributed by atoms with Gasteiger partial charge >= 0.3 is 0 Å². The largest absolute Gasteiger partial charge is 0.379 e. The van der Waals surface area contributed by atoms with Crippen LogP contribution in [0.2, 0.25) is 0 Å². The minimum Gasteiger partial charge on any atom is -0.379 e. The van der Waals surface area contributed by atoms with Gasteiger partial charge in [0.1, 0.15) is 5.82 Å². The van der Waals surface area contributed by atoms with Crippen molar-refractivity contribution in [3.63, 3.8) is 0 Å². The highest BCUT2D eigenvalue weighted by Gasteiger charge is 2.17. The normalized spacial score (nSPS) is 19.7. The number of hydrogen-bond donors (Lipinski definition) is 2. The van der Waals surface area contributed by atoms with Gasteiger partial charge in [0.05, 0.1) is 12.6 Å². The van der Waals surface area contributed by atoms with Crippen LogP contribution in [0.25, 0.3) is 0 Å². The minimum atomic E-state index is -0.0700. The summed E-state index contributed by atoms with van der Waals surface area (Å²) >= 11 is 0. The van der Waals surface area contributed by atoms with E-state index in [-0.39, 0.29) is 11.9 Å². The molecule has 5 heteroatoms. The molecular weight excluding hydrogens is 218 g/mol. The Bertz CT molecular complexity index is 389. The summed E-state index contributed by atoms with van der Waals surface area (Å²) in [7, 11) is 1.78. The molecule has 0 bridgehead atoms. The Labute approximate surface area is 101 Å². The highest BCUT2D eigenvalue weighted by molar-refractivity contribution is 5.94. The van der Waals surface area contributed by atoms with Crippen LogP contribution in [-0.2, 0) is 4.74 Å². The van der Waals surface area contributed by atoms with Crippen LogP contribution in [-0.4, -0.2) is 37.2 Å². The molecule has 1 aromatic heterocycles. The lowest BCUT2D eigenvalue weighted by atomic mass is 10.1. The molecule has 2 heterocycles. The zero-order chi connectivity index (χ0) is 12.1. The molecule has 1 amide bonds. The van der Waals surface area contributed by atoms with Gasteiger partial charge in [-0.3, -0.25) is 4.79 Å². The second kappa shape index (κ2) is 5.63. The topological polar surface area (TPSA) is 63.2 Å². The first kappa shape index (κ1) is 11.9. The average Bonchev–Trinajstić information content (AvgIpc) is 2.40. The van der Waals surface area contributed by atoms with Crippen molar-refractivity contribution < 1.29 is 9.53 Å². The summed E-state index contributed by atoms with van der Waals surface area (Å²) < 4.78 is 5.32. The smallest absolute Gasteiger partial charge is 0.251 e. The number of ether oxygens (including phenoxy) is 1. The van der Waals surface area contributed by atoms with Crippen LogP contribution in [0.5, 0.6) is 0 Å². The third kappa shape index (κ3) is 3.17. The highest BCUT2D eigenvalue weighted by Crippen LogP contribution is 2.09. The molecule has 1 atom stereocenters. The molecule has 5 nitrogen and oxygen atoms in total. The molecule has 0 spiro atoms. The fraction of sp³-hybridized carbons (Fsp3) is 0.500. The van der Waals surface area contributed by atoms with Gasteiger partial charge in [0, 0.05) is 25.4 Å². The monoisotopic (exact) mass is 235 g/mol. The van der Waals surface area contributed by atoms with E-state index in [4.69, 9.17) is 4.74 Å². The number of carbonyl (C=O) groups is 1. The van der Waals surface area contributed by atoms with Crippen LogP contribution >= 0.6 is 0 Å². The summed E-state index contributed by atoms with van der Waals surface area (Å²) in [4.78, 5) is 16.0. The van der Waals surface area contributed by atoms with Crippen molar-refractivity contribution in [1.82, 2.24) is 10.3 Å². The lowest BCUT2D eigenvalue weighted by Crippen LogP contribution is -2.40. The van der Waals surface area contributed by atoms with Gasteiger partial charge in [0.25, 0.3) is 5.91 Å². The number of anilines is 1. The maximum Gasteiger partial charge on any atom is 0.251 e. The van der Waals surface area contributed by atoms with Gasteiger partial charge in [-0.05, 0) is 25.0 Å². The van der Waals surface area contributed by atoms with Crippen LogP contribution in [0, 0.1) is 0 Å². The predicted molar refractivity (Wildman–Crippen MR) is 65.1 cm³/mol. The first-order valence-electron chi connectivity index (χ1n) is 5.82. The number of pyridine rings is 1. The van der Waals surface area contributed by atoms with Crippen molar-refractivity contribution in [2.24, 2.45) is 0 Å². The Morgan fingerprint density at radius 2 is 2.47 bits per heavy atom. The number of nitrogens with one attached hydrogen (secondary N) is 2. The Balaban J connectivity index is 1.98. The van der Waals surface area contributed by atoms with Gasteiger partial charge in [-0.1, -0.05) is 0 Å². The molecule has 0 aliphatic carbocycles. The van der Waals surface area contributed by atoms with Crippen LogP contribution in [0.1, 0.15) is 23.2 Å². The molecule has 1 aromatic rings. The van der Waals surface area contributed by atoms with Crippen LogP contribution in [0.4, 0.5) is 5.82 Å². The van der Waals surface area contributed by atoms with Gasteiger partial charge in [-0.2, -0.15) is 0 Å². The average molecular weight is 235 g/mol. The lowest BCUT2D eigenvalue weighted by molar-refractivity contribution is 0.0624. The summed E-state index contributed by atoms with van der Waals surface area (Å²) in [5.74, 6) is 0.622. The summed E-state index contributed by atoms with van der Waals surface area (Å²) in [5.41, 5.74) is 0.620. The minimum absolute atomic E-state index is 0.0700. The van der Waals surface area contributed by atoms with Gasteiger partial charge in [-0.25, -0.2) is 4.98 Å². The van der Waals surface area contributed by atoms with Crippen molar-refractivity contribution in [3.8, 4) is 0 Å². The van der Waals surface area contributed by atoms with Crippen molar-refractivity contribution >= 4 is 11.7 Å². The fourth-order valence-electron chi connectivity index (χ4n) is 1.83. The first-order valence-corrected chi connectivity index (χ1v) is 5.82. The molecule has 1 aliphatic heterocycles. The molecule has 17 heavy (non-hydrogen) atoms. The zero-order valence-corrected chi connectivity index (χ0v) is 9.90. The van der Waals surface area contributed by atoms with Gasteiger partial charge in [0.15, 0.2) is 0 Å². The summed E-state index contributed by atoms with van der Waals surface area (Å²) in [5, 5.41) is 5.88. The molecule has 1 unspecified atom stereocenters. The van der Waals surface area contributed by atoms with Crippen LogP contribution in [0.3, 0.4) is 0 Å². The molecule has 1 aliphatic rings. The van der Waals surface area contributed by atoms with Crippen molar-refractivity contribution in [3.05, 3.63) is 23.9 Å². The number of carbonyl (C=O) groups excluding carboxylic acids is 1. The molecule has 0 radical (unpaired) electrons. The van der Waals surface area contributed by atoms with E-state index in [0.29, 0.717) is 18.0 Å². The number of rotatable bonds is 3. The van der Waals surface area contributed by atoms with Crippen molar-refractivity contribution in [2.75, 3.05) is 25.6 Å². The Hall–Kier alpha value is -1.62. The molecule has 2 N–H and O–H groups in total. The van der Waals surface area contributed by atoms with E-state index >= 15 is 0 Å². The Morgan fingerprint density at radius 3 is 3.18 bits per heavy atom. The molecular formula is C12H17N3O2. The van der Waals surface area contributed by atoms with E-state index in [9.17, 15) is 4.79 Å². The quantitative estimate of drug-likeness (QED) is 0.821. The SMILES string of the molecule is CNc1cc(C(=O)NC2CCCOC2)ccn1. The fourth-order valence-corrected chi connectivity index (χ4v) is 1.83. The summed E-state index contributed by atoms with van der Waals surface area (Å²) in [6.07, 6.45) is 3.61. The third-order valence-electron chi connectivity index (χ3n) is 2.77. The molecule has 0 saturated carbocycles. The molecule has 0 aromatic carbocycles. The lowest BCUT2D eigenvalue weighted by Gasteiger charge is -2.23. The van der Waals surface area contributed by atoms with Gasteiger partial charge in [-0.15, -0.1) is 0 Å². The number of hydrogen-bond acceptors (Lipinski definition) is 4. The maximum atomic E-state index is 12.0. The van der Waals surface area contributed by atoms with Crippen LogP contribution in [0.15, 0.2) is 18.3 Å². The maximum absolute atomic E-state index is 12.0. The third-order valence-corrected chi connectivity index (χ3v) is 2.77. The van der Waals surface area contributed by atoms with Gasteiger partial charge < -0.3 is 15.4 Å². The first-order chi connectivity index (χ1) is 8.29. The Kier molecular flexibility index (Phi) is 3.93. The predicted octanol–water partition coefficient (Wildman–Crippen LogP) is 1.03. The Morgan fingerprint density at radius 1 is 1.59 bits per heavy atom. The molecule has 92 valence electrons. The number of amides is 1. The van der Waals surface area contributed by atoms with E-state index in [1.807, 2.05) is 0 Å². The van der Waals surface area contributed by atoms with Crippen molar-refractivity contribution in [2.45, 2.75) is 18.9 Å². The zero-order valence-electron chi connectivity index (χ0n) is 9.90. The molecule has 1 fully saturated rings. The second-order valence-corrected chi connectivity index (χ2v) is 4.07. The van der Waals surface area contributed by atoms with E-state index < -0.39 is 0 Å². The second-order valence-electron chi connectivity index (χ2n) is 4.07. The van der Waals surface area contributed by atoms with E-state index in [1.165, 1.54) is 0 Å². The van der Waals surface area contributed by atoms with Crippen LogP contribution < -0.4 is 10.6 Å². The van der Waals surface area contributed by atoms with E-state index in [0.717, 1.165) is 19.4 Å². The highest BCUT2D eigenvalue weighted by atomic mass is 16.5. The molecule has 1 saturated heterocycles. The van der Waals surface area contributed by atoms with Crippen molar-refractivity contribution in [1.29, 1.82) is 0 Å². The standard InChI is InChI=1S/C12H17N3O2/c1-13-11-7-9(4-5-14-11)12(16)15-10-3-2-6-17-8-10/h4-5,7,10H,2-3,6,8H2,1H3,(H,13,14)(H,15,16). The molecule has 2 rings (SSSR count). The van der Waals surface area contributed by atoms with E-state index in [2.05, 4.69) is 15.6 Å².